The van der Waals surface area contributed by atoms with E-state index < -0.39 is 0 Å². The van der Waals surface area contributed by atoms with Gasteiger partial charge in [-0.2, -0.15) is 0 Å². The van der Waals surface area contributed by atoms with Gasteiger partial charge in [0.2, 0.25) is 0 Å². The fraction of sp³-hybridized carbons (Fsp3) is 0.286. The van der Waals surface area contributed by atoms with Gasteiger partial charge < -0.3 is 9.88 Å². The van der Waals surface area contributed by atoms with E-state index in [0.29, 0.717) is 12.1 Å². The molecule has 0 saturated heterocycles. The topological polar surface area (TPSA) is 17.0 Å². The van der Waals surface area contributed by atoms with Crippen LogP contribution in [0.5, 0.6) is 0 Å². The number of hydrogen-bond donors (Lipinski definition) is 1. The van der Waals surface area contributed by atoms with Crippen LogP contribution in [0.4, 0.5) is 4.39 Å². The maximum Gasteiger partial charge on any atom is 0.146 e. The van der Waals surface area contributed by atoms with E-state index in [1.54, 1.807) is 18.2 Å². The van der Waals surface area contributed by atoms with E-state index >= 15 is 0 Å². The molecule has 1 N–H and O–H groups in total. The normalized spacial score (nSPS) is 10.9. The van der Waals surface area contributed by atoms with E-state index in [0.717, 1.165) is 12.2 Å². The molecule has 0 saturated carbocycles. The molecule has 2 rings (SSSR count). The Kier molecular flexibility index (Phi) is 4.04. The Hall–Kier alpha value is -1.32. The molecule has 1 aromatic carbocycles. The first-order valence-corrected chi connectivity index (χ1v) is 6.23. The van der Waals surface area contributed by atoms with Crippen LogP contribution in [0.15, 0.2) is 30.5 Å². The van der Waals surface area contributed by atoms with Crippen molar-refractivity contribution in [1.29, 1.82) is 0 Å². The third kappa shape index (κ3) is 2.57. The van der Waals surface area contributed by atoms with Crippen LogP contribution in [-0.2, 0) is 13.1 Å². The zero-order chi connectivity index (χ0) is 13.1. The molecule has 4 heteroatoms. The minimum absolute atomic E-state index is 0.174. The summed E-state index contributed by atoms with van der Waals surface area (Å²) in [5.74, 6) is -0.331. The first kappa shape index (κ1) is 13.1. The molecule has 96 valence electrons. The predicted octanol–water partition coefficient (Wildman–Crippen LogP) is 3.36. The highest BCUT2D eigenvalue weighted by Crippen LogP contribution is 2.20. The number of hydrogen-bond acceptors (Lipinski definition) is 1. The van der Waals surface area contributed by atoms with Crippen LogP contribution in [0.3, 0.4) is 0 Å². The van der Waals surface area contributed by atoms with Crippen LogP contribution < -0.4 is 5.32 Å². The van der Waals surface area contributed by atoms with E-state index in [2.05, 4.69) is 5.32 Å². The van der Waals surface area contributed by atoms with Gasteiger partial charge in [0, 0.05) is 24.0 Å². The molecule has 0 aliphatic carbocycles. The summed E-state index contributed by atoms with van der Waals surface area (Å²) >= 11 is 5.78. The second-order valence-corrected chi connectivity index (χ2v) is 4.70. The van der Waals surface area contributed by atoms with Crippen LogP contribution in [0.1, 0.15) is 16.8 Å². The molecule has 0 fully saturated rings. The molecular weight excluding hydrogens is 251 g/mol. The number of nitrogens with one attached hydrogen (secondary N) is 1. The van der Waals surface area contributed by atoms with Crippen LogP contribution in [-0.4, -0.2) is 11.6 Å². The third-order valence-corrected chi connectivity index (χ3v) is 3.38. The van der Waals surface area contributed by atoms with Gasteiger partial charge in [-0.25, -0.2) is 4.39 Å². The van der Waals surface area contributed by atoms with Crippen molar-refractivity contribution in [1.82, 2.24) is 9.88 Å². The molecule has 2 nitrogen and oxygen atoms in total. The van der Waals surface area contributed by atoms with Gasteiger partial charge in [-0.05, 0) is 31.7 Å². The molecule has 0 spiro atoms. The molecular formula is C14H16ClFN2. The standard InChI is InChI=1S/C14H16ClFN2/c1-10-11(8-17-2)6-7-18(10)9-12-4-3-5-13(15)14(12)16/h3-7,17H,8-9H2,1-2H3. The van der Waals surface area contributed by atoms with Crippen LogP contribution in [0.25, 0.3) is 0 Å². The lowest BCUT2D eigenvalue weighted by molar-refractivity contribution is 0.598. The number of rotatable bonds is 4. The highest BCUT2D eigenvalue weighted by molar-refractivity contribution is 6.30. The van der Waals surface area contributed by atoms with E-state index in [-0.39, 0.29) is 10.8 Å². The summed E-state index contributed by atoms with van der Waals surface area (Å²) in [6, 6.07) is 7.15. The molecule has 0 unspecified atom stereocenters. The Bertz CT molecular complexity index is 549. The van der Waals surface area contributed by atoms with Crippen LogP contribution in [0.2, 0.25) is 5.02 Å². The summed E-state index contributed by atoms with van der Waals surface area (Å²) in [7, 11) is 1.91. The quantitative estimate of drug-likeness (QED) is 0.898. The van der Waals surface area contributed by atoms with Crippen molar-refractivity contribution < 1.29 is 4.39 Å². The summed E-state index contributed by atoms with van der Waals surface area (Å²) < 4.78 is 15.8. The summed E-state index contributed by atoms with van der Waals surface area (Å²) in [5, 5.41) is 3.29. The fourth-order valence-corrected chi connectivity index (χ4v) is 2.19. The maximum absolute atomic E-state index is 13.8. The molecule has 1 aromatic heterocycles. The molecule has 0 bridgehead atoms. The van der Waals surface area contributed by atoms with Crippen LogP contribution in [0, 0.1) is 12.7 Å². The second-order valence-electron chi connectivity index (χ2n) is 4.30. The van der Waals surface area contributed by atoms with E-state index in [4.69, 9.17) is 11.6 Å². The Morgan fingerprint density at radius 3 is 2.78 bits per heavy atom. The second kappa shape index (κ2) is 5.55. The van der Waals surface area contributed by atoms with Crippen molar-refractivity contribution in [3.63, 3.8) is 0 Å². The lowest BCUT2D eigenvalue weighted by atomic mass is 10.2. The number of halogens is 2. The third-order valence-electron chi connectivity index (χ3n) is 3.09. The lowest BCUT2D eigenvalue weighted by Gasteiger charge is -2.09. The predicted molar refractivity (Wildman–Crippen MR) is 72.4 cm³/mol. The maximum atomic E-state index is 13.8. The minimum Gasteiger partial charge on any atom is -0.347 e. The average molecular weight is 267 g/mol. The van der Waals surface area contributed by atoms with Crippen molar-refractivity contribution in [2.75, 3.05) is 7.05 Å². The first-order valence-electron chi connectivity index (χ1n) is 5.85. The molecule has 0 aliphatic heterocycles. The SMILES string of the molecule is CNCc1ccn(Cc2cccc(Cl)c2F)c1C. The van der Waals surface area contributed by atoms with E-state index in [9.17, 15) is 4.39 Å². The molecule has 18 heavy (non-hydrogen) atoms. The Labute approximate surface area is 111 Å². The smallest absolute Gasteiger partial charge is 0.146 e. The van der Waals surface area contributed by atoms with Gasteiger partial charge in [-0.3, -0.25) is 0 Å². The minimum atomic E-state index is -0.331. The number of nitrogens with zero attached hydrogens (tertiary/aromatic N) is 1. The highest BCUT2D eigenvalue weighted by atomic mass is 35.5. The highest BCUT2D eigenvalue weighted by Gasteiger charge is 2.09. The summed E-state index contributed by atoms with van der Waals surface area (Å²) in [6.07, 6.45) is 1.97. The molecule has 2 aromatic rings. The van der Waals surface area contributed by atoms with Gasteiger partial charge in [0.25, 0.3) is 0 Å². The fourth-order valence-electron chi connectivity index (χ4n) is 2.00. The summed E-state index contributed by atoms with van der Waals surface area (Å²) in [6.45, 7) is 3.36. The van der Waals surface area contributed by atoms with E-state index in [1.807, 2.05) is 30.8 Å². The molecule has 0 aliphatic rings. The monoisotopic (exact) mass is 266 g/mol. The number of aromatic nitrogens is 1. The van der Waals surface area contributed by atoms with Gasteiger partial charge in [0.05, 0.1) is 11.6 Å². The van der Waals surface area contributed by atoms with Gasteiger partial charge >= 0.3 is 0 Å². The Balaban J connectivity index is 2.26. The zero-order valence-electron chi connectivity index (χ0n) is 10.5. The molecule has 0 amide bonds. The Morgan fingerprint density at radius 1 is 1.28 bits per heavy atom. The first-order chi connectivity index (χ1) is 8.63. The van der Waals surface area contributed by atoms with Crippen molar-refractivity contribution in [3.8, 4) is 0 Å². The van der Waals surface area contributed by atoms with Gasteiger partial charge in [0.15, 0.2) is 0 Å². The van der Waals surface area contributed by atoms with Gasteiger partial charge in [-0.1, -0.05) is 23.7 Å². The lowest BCUT2D eigenvalue weighted by Crippen LogP contribution is -2.08. The summed E-state index contributed by atoms with van der Waals surface area (Å²) in [5.41, 5.74) is 2.97. The van der Waals surface area contributed by atoms with Crippen molar-refractivity contribution in [3.05, 3.63) is 58.1 Å². The molecule has 0 atom stereocenters. The zero-order valence-corrected chi connectivity index (χ0v) is 11.3. The summed E-state index contributed by atoms with van der Waals surface area (Å²) in [4.78, 5) is 0. The number of benzene rings is 1. The van der Waals surface area contributed by atoms with Crippen molar-refractivity contribution in [2.45, 2.75) is 20.0 Å². The van der Waals surface area contributed by atoms with Gasteiger partial charge in [-0.15, -0.1) is 0 Å². The van der Waals surface area contributed by atoms with Gasteiger partial charge in [0.1, 0.15) is 5.82 Å². The molecule has 1 heterocycles. The average Bonchev–Trinajstić information content (AvgIpc) is 2.68. The molecule has 0 radical (unpaired) electrons. The largest absolute Gasteiger partial charge is 0.347 e. The van der Waals surface area contributed by atoms with Crippen molar-refractivity contribution in [2.24, 2.45) is 0 Å². The van der Waals surface area contributed by atoms with E-state index in [1.165, 1.54) is 5.56 Å². The Morgan fingerprint density at radius 2 is 2.06 bits per heavy atom. The van der Waals surface area contributed by atoms with Crippen LogP contribution >= 0.6 is 11.6 Å². The van der Waals surface area contributed by atoms with Crippen molar-refractivity contribution >= 4 is 11.6 Å².